The molecule has 1 rings (SSSR count). The van der Waals surface area contributed by atoms with E-state index in [9.17, 15) is 9.18 Å². The molecule has 0 unspecified atom stereocenters. The van der Waals surface area contributed by atoms with Crippen LogP contribution >= 0.6 is 0 Å². The van der Waals surface area contributed by atoms with E-state index in [2.05, 4.69) is 0 Å². The first-order chi connectivity index (χ1) is 7.58. The van der Waals surface area contributed by atoms with Gasteiger partial charge in [-0.25, -0.2) is 4.39 Å². The molecule has 0 aliphatic carbocycles. The molecule has 0 aliphatic rings. The molecule has 0 radical (unpaired) electrons. The van der Waals surface area contributed by atoms with Crippen molar-refractivity contribution in [2.75, 3.05) is 0 Å². The normalized spacial score (nSPS) is 11.6. The van der Waals surface area contributed by atoms with Crippen molar-refractivity contribution in [2.24, 2.45) is 0 Å². The second-order valence-electron chi connectivity index (χ2n) is 3.84. The van der Waals surface area contributed by atoms with Gasteiger partial charge in [-0.2, -0.15) is 0 Å². The zero-order chi connectivity index (χ0) is 12.1. The number of Topliss-reactive ketones (excluding diaryl/α,β-unsaturated/α-hetero) is 1. The van der Waals surface area contributed by atoms with Gasteiger partial charge >= 0.3 is 0 Å². The summed E-state index contributed by atoms with van der Waals surface area (Å²) in [5.74, 6) is -0.203. The molecule has 0 aliphatic heterocycles. The maximum absolute atomic E-state index is 13.0. The topological polar surface area (TPSA) is 17.1 Å². The lowest BCUT2D eigenvalue weighted by molar-refractivity contribution is -0.115. The van der Waals surface area contributed by atoms with E-state index in [1.807, 2.05) is 26.8 Å². The SMILES string of the molecule is C/C=C(/CC)C(=O)Cc1cc(F)ccc1C. The highest BCUT2D eigenvalue weighted by Gasteiger charge is 2.10. The summed E-state index contributed by atoms with van der Waals surface area (Å²) < 4.78 is 13.0. The van der Waals surface area contributed by atoms with E-state index in [0.29, 0.717) is 0 Å². The Kier molecular flexibility index (Phi) is 4.41. The molecular formula is C14H17FO. The van der Waals surface area contributed by atoms with Gasteiger partial charge in [0.15, 0.2) is 5.78 Å². The zero-order valence-corrected chi connectivity index (χ0v) is 10.0. The number of benzene rings is 1. The molecule has 1 aromatic carbocycles. The molecule has 0 fully saturated rings. The smallest absolute Gasteiger partial charge is 0.162 e. The van der Waals surface area contributed by atoms with Gasteiger partial charge < -0.3 is 0 Å². The van der Waals surface area contributed by atoms with Crippen molar-refractivity contribution in [3.63, 3.8) is 0 Å². The Morgan fingerprint density at radius 3 is 2.69 bits per heavy atom. The molecule has 0 bridgehead atoms. The quantitative estimate of drug-likeness (QED) is 0.708. The number of ketones is 1. The van der Waals surface area contributed by atoms with Crippen LogP contribution in [0, 0.1) is 12.7 Å². The monoisotopic (exact) mass is 220 g/mol. The highest BCUT2D eigenvalue weighted by Crippen LogP contribution is 2.14. The third-order valence-electron chi connectivity index (χ3n) is 2.75. The van der Waals surface area contributed by atoms with Crippen molar-refractivity contribution >= 4 is 5.78 Å². The molecule has 2 heteroatoms. The number of hydrogen-bond acceptors (Lipinski definition) is 1. The molecule has 16 heavy (non-hydrogen) atoms. The van der Waals surface area contributed by atoms with Crippen LogP contribution in [0.2, 0.25) is 0 Å². The van der Waals surface area contributed by atoms with Gasteiger partial charge in [0.1, 0.15) is 5.82 Å². The van der Waals surface area contributed by atoms with Gasteiger partial charge in [-0.3, -0.25) is 4.79 Å². The maximum Gasteiger partial charge on any atom is 0.162 e. The van der Waals surface area contributed by atoms with Crippen LogP contribution in [0.1, 0.15) is 31.4 Å². The largest absolute Gasteiger partial charge is 0.294 e. The first kappa shape index (κ1) is 12.6. The number of allylic oxidation sites excluding steroid dienone is 2. The highest BCUT2D eigenvalue weighted by atomic mass is 19.1. The molecule has 0 saturated heterocycles. The van der Waals surface area contributed by atoms with Crippen LogP contribution in [0.15, 0.2) is 29.8 Å². The molecule has 0 atom stereocenters. The van der Waals surface area contributed by atoms with Crippen molar-refractivity contribution in [3.05, 3.63) is 46.8 Å². The van der Waals surface area contributed by atoms with Gasteiger partial charge in [0, 0.05) is 6.42 Å². The van der Waals surface area contributed by atoms with E-state index in [-0.39, 0.29) is 18.0 Å². The summed E-state index contributed by atoms with van der Waals surface area (Å²) in [5, 5.41) is 0. The van der Waals surface area contributed by atoms with Crippen molar-refractivity contribution < 1.29 is 9.18 Å². The Morgan fingerprint density at radius 1 is 1.44 bits per heavy atom. The molecule has 86 valence electrons. The molecule has 0 amide bonds. The van der Waals surface area contributed by atoms with Gasteiger partial charge in [0.05, 0.1) is 0 Å². The Hall–Kier alpha value is -1.44. The minimum absolute atomic E-state index is 0.0821. The van der Waals surface area contributed by atoms with E-state index in [4.69, 9.17) is 0 Å². The summed E-state index contributed by atoms with van der Waals surface area (Å²) in [6.07, 6.45) is 2.85. The average Bonchev–Trinajstić information content (AvgIpc) is 2.25. The first-order valence-electron chi connectivity index (χ1n) is 5.51. The number of aryl methyl sites for hydroxylation is 1. The molecular weight excluding hydrogens is 203 g/mol. The Balaban J connectivity index is 2.88. The fraction of sp³-hybridized carbons (Fsp3) is 0.357. The Morgan fingerprint density at radius 2 is 2.12 bits per heavy atom. The van der Waals surface area contributed by atoms with Crippen LogP contribution in [0.5, 0.6) is 0 Å². The summed E-state index contributed by atoms with van der Waals surface area (Å²) in [6.45, 7) is 5.70. The van der Waals surface area contributed by atoms with E-state index < -0.39 is 0 Å². The van der Waals surface area contributed by atoms with E-state index in [1.165, 1.54) is 12.1 Å². The van der Waals surface area contributed by atoms with Crippen LogP contribution in [-0.4, -0.2) is 5.78 Å². The minimum Gasteiger partial charge on any atom is -0.294 e. The summed E-state index contributed by atoms with van der Waals surface area (Å²) in [4.78, 5) is 11.8. The number of halogens is 1. The fourth-order valence-corrected chi connectivity index (χ4v) is 1.68. The summed E-state index contributed by atoms with van der Waals surface area (Å²) in [5.41, 5.74) is 2.54. The number of hydrogen-bond donors (Lipinski definition) is 0. The van der Waals surface area contributed by atoms with Gasteiger partial charge in [-0.1, -0.05) is 19.1 Å². The van der Waals surface area contributed by atoms with Crippen LogP contribution in [0.25, 0.3) is 0 Å². The molecule has 0 heterocycles. The van der Waals surface area contributed by atoms with E-state index >= 15 is 0 Å². The van der Waals surface area contributed by atoms with Crippen molar-refractivity contribution in [1.29, 1.82) is 0 Å². The van der Waals surface area contributed by atoms with Crippen LogP contribution in [0.3, 0.4) is 0 Å². The first-order valence-corrected chi connectivity index (χ1v) is 5.51. The lowest BCUT2D eigenvalue weighted by atomic mass is 9.98. The number of carbonyl (C=O) groups excluding carboxylic acids is 1. The third-order valence-corrected chi connectivity index (χ3v) is 2.75. The van der Waals surface area contributed by atoms with Crippen LogP contribution in [0.4, 0.5) is 4.39 Å². The predicted molar refractivity (Wildman–Crippen MR) is 63.9 cm³/mol. The Bertz CT molecular complexity index is 419. The lowest BCUT2D eigenvalue weighted by Gasteiger charge is -2.06. The summed E-state index contributed by atoms with van der Waals surface area (Å²) >= 11 is 0. The Labute approximate surface area is 96.0 Å². The number of carbonyl (C=O) groups is 1. The van der Waals surface area contributed by atoms with Crippen molar-refractivity contribution in [2.45, 2.75) is 33.6 Å². The molecule has 1 nitrogen and oxygen atoms in total. The van der Waals surface area contributed by atoms with Gasteiger partial charge in [-0.15, -0.1) is 0 Å². The average molecular weight is 220 g/mol. The lowest BCUT2D eigenvalue weighted by Crippen LogP contribution is -2.07. The fourth-order valence-electron chi connectivity index (χ4n) is 1.68. The standard InChI is InChI=1S/C14H17FO/c1-4-11(5-2)14(16)9-12-8-13(15)7-6-10(12)3/h4,6-8H,5,9H2,1-3H3/b11-4-. The van der Waals surface area contributed by atoms with Crippen molar-refractivity contribution in [1.82, 2.24) is 0 Å². The second kappa shape index (κ2) is 5.59. The maximum atomic E-state index is 13.0. The van der Waals surface area contributed by atoms with Crippen LogP contribution < -0.4 is 0 Å². The molecule has 0 saturated carbocycles. The minimum atomic E-state index is -0.285. The zero-order valence-electron chi connectivity index (χ0n) is 10.0. The molecule has 0 aromatic heterocycles. The van der Waals surface area contributed by atoms with Gasteiger partial charge in [0.25, 0.3) is 0 Å². The van der Waals surface area contributed by atoms with Gasteiger partial charge in [0.2, 0.25) is 0 Å². The summed E-state index contributed by atoms with van der Waals surface area (Å²) in [6, 6.07) is 4.56. The predicted octanol–water partition coefficient (Wildman–Crippen LogP) is 3.60. The molecule has 1 aromatic rings. The van der Waals surface area contributed by atoms with E-state index in [1.54, 1.807) is 6.07 Å². The van der Waals surface area contributed by atoms with Crippen LogP contribution in [-0.2, 0) is 11.2 Å². The second-order valence-corrected chi connectivity index (χ2v) is 3.84. The molecule has 0 N–H and O–H groups in total. The van der Waals surface area contributed by atoms with Gasteiger partial charge in [-0.05, 0) is 49.1 Å². The number of rotatable bonds is 4. The van der Waals surface area contributed by atoms with Crippen molar-refractivity contribution in [3.8, 4) is 0 Å². The molecule has 0 spiro atoms. The third kappa shape index (κ3) is 3.02. The van der Waals surface area contributed by atoms with E-state index in [0.717, 1.165) is 23.1 Å². The highest BCUT2D eigenvalue weighted by molar-refractivity contribution is 5.96. The summed E-state index contributed by atoms with van der Waals surface area (Å²) in [7, 11) is 0.